The summed E-state index contributed by atoms with van der Waals surface area (Å²) in [5.74, 6) is 0. The fourth-order valence-electron chi connectivity index (χ4n) is 2.05. The standard InChI is InChI=1S/C15H11Cl2F3O/c1-8-6-9(15(18,19)20)2-4-11(8)14(21)12-7-10(16)3-5-13(12)17/h2-7,14,21H,1H3. The van der Waals surface area contributed by atoms with Crippen LogP contribution in [0.15, 0.2) is 36.4 Å². The van der Waals surface area contributed by atoms with Crippen molar-refractivity contribution in [2.45, 2.75) is 19.2 Å². The highest BCUT2D eigenvalue weighted by atomic mass is 35.5. The van der Waals surface area contributed by atoms with Crippen LogP contribution in [0.5, 0.6) is 0 Å². The molecule has 0 heterocycles. The van der Waals surface area contributed by atoms with E-state index in [2.05, 4.69) is 0 Å². The number of benzene rings is 2. The molecule has 0 aliphatic heterocycles. The third-order valence-corrected chi connectivity index (χ3v) is 3.72. The Bertz CT molecular complexity index is 668. The largest absolute Gasteiger partial charge is 0.416 e. The molecule has 0 bridgehead atoms. The molecule has 1 unspecified atom stereocenters. The van der Waals surface area contributed by atoms with Gasteiger partial charge in [-0.15, -0.1) is 0 Å². The monoisotopic (exact) mass is 334 g/mol. The first-order valence-corrected chi connectivity index (χ1v) is 6.76. The number of aryl methyl sites for hydroxylation is 1. The molecule has 0 radical (unpaired) electrons. The molecule has 0 aromatic heterocycles. The SMILES string of the molecule is Cc1cc(C(F)(F)F)ccc1C(O)c1cc(Cl)ccc1Cl. The molecule has 1 nitrogen and oxygen atoms in total. The molecule has 6 heteroatoms. The number of halogens is 5. The van der Waals surface area contributed by atoms with Gasteiger partial charge in [0.2, 0.25) is 0 Å². The number of aliphatic hydroxyl groups is 1. The van der Waals surface area contributed by atoms with E-state index in [1.807, 2.05) is 0 Å². The summed E-state index contributed by atoms with van der Waals surface area (Å²) in [4.78, 5) is 0. The maximum Gasteiger partial charge on any atom is 0.416 e. The first kappa shape index (κ1) is 16.1. The number of hydrogen-bond donors (Lipinski definition) is 1. The summed E-state index contributed by atoms with van der Waals surface area (Å²) >= 11 is 11.9. The summed E-state index contributed by atoms with van der Waals surface area (Å²) in [6, 6.07) is 7.77. The quantitative estimate of drug-likeness (QED) is 0.779. The molecule has 2 aromatic carbocycles. The van der Waals surface area contributed by atoms with Crippen molar-refractivity contribution in [3.8, 4) is 0 Å². The number of rotatable bonds is 2. The predicted molar refractivity (Wildman–Crippen MR) is 76.7 cm³/mol. The van der Waals surface area contributed by atoms with Crippen LogP contribution in [-0.4, -0.2) is 5.11 Å². The lowest BCUT2D eigenvalue weighted by molar-refractivity contribution is -0.137. The average Bonchev–Trinajstić information content (AvgIpc) is 2.39. The van der Waals surface area contributed by atoms with E-state index in [1.54, 1.807) is 6.07 Å². The van der Waals surface area contributed by atoms with Gasteiger partial charge >= 0.3 is 6.18 Å². The smallest absolute Gasteiger partial charge is 0.384 e. The molecule has 2 aromatic rings. The molecule has 112 valence electrons. The first-order valence-electron chi connectivity index (χ1n) is 6.01. The summed E-state index contributed by atoms with van der Waals surface area (Å²) in [6.45, 7) is 1.51. The van der Waals surface area contributed by atoms with Crippen molar-refractivity contribution in [1.29, 1.82) is 0 Å². The lowest BCUT2D eigenvalue weighted by atomic mass is 9.96. The van der Waals surface area contributed by atoms with E-state index in [1.165, 1.54) is 25.1 Å². The minimum atomic E-state index is -4.41. The highest BCUT2D eigenvalue weighted by molar-refractivity contribution is 6.33. The second-order valence-corrected chi connectivity index (χ2v) is 5.48. The second kappa shape index (κ2) is 5.87. The normalized spacial score (nSPS) is 13.3. The molecule has 0 amide bonds. The van der Waals surface area contributed by atoms with Crippen LogP contribution in [0.2, 0.25) is 10.0 Å². The van der Waals surface area contributed by atoms with E-state index in [-0.39, 0.29) is 0 Å². The van der Waals surface area contributed by atoms with Crippen LogP contribution >= 0.6 is 23.2 Å². The van der Waals surface area contributed by atoms with Crippen molar-refractivity contribution in [2.75, 3.05) is 0 Å². The van der Waals surface area contributed by atoms with Gasteiger partial charge < -0.3 is 5.11 Å². The molecule has 0 spiro atoms. The van der Waals surface area contributed by atoms with E-state index in [9.17, 15) is 18.3 Å². The summed E-state index contributed by atoms with van der Waals surface area (Å²) in [5.41, 5.74) is 0.278. The van der Waals surface area contributed by atoms with Gasteiger partial charge in [-0.2, -0.15) is 13.2 Å². The summed E-state index contributed by atoms with van der Waals surface area (Å²) < 4.78 is 37.9. The Kier molecular flexibility index (Phi) is 4.51. The third kappa shape index (κ3) is 3.51. The number of aliphatic hydroxyl groups excluding tert-OH is 1. The van der Waals surface area contributed by atoms with Crippen LogP contribution in [0, 0.1) is 6.92 Å². The van der Waals surface area contributed by atoms with Gasteiger partial charge in [0, 0.05) is 15.6 Å². The Labute approximate surface area is 129 Å². The van der Waals surface area contributed by atoms with Crippen molar-refractivity contribution < 1.29 is 18.3 Å². The van der Waals surface area contributed by atoms with Gasteiger partial charge in [-0.25, -0.2) is 0 Å². The van der Waals surface area contributed by atoms with E-state index >= 15 is 0 Å². The molecule has 0 saturated heterocycles. The summed E-state index contributed by atoms with van der Waals surface area (Å²) in [7, 11) is 0. The lowest BCUT2D eigenvalue weighted by Crippen LogP contribution is -2.08. The van der Waals surface area contributed by atoms with E-state index in [4.69, 9.17) is 23.2 Å². The van der Waals surface area contributed by atoms with Crippen molar-refractivity contribution in [3.05, 3.63) is 68.7 Å². The Morgan fingerprint density at radius 3 is 2.24 bits per heavy atom. The molecule has 0 fully saturated rings. The minimum absolute atomic E-state index is 0.297. The second-order valence-electron chi connectivity index (χ2n) is 4.64. The van der Waals surface area contributed by atoms with Gasteiger partial charge in [0.1, 0.15) is 6.10 Å². The zero-order chi connectivity index (χ0) is 15.8. The zero-order valence-corrected chi connectivity index (χ0v) is 12.4. The molecule has 1 N–H and O–H groups in total. The Morgan fingerprint density at radius 2 is 1.67 bits per heavy atom. The van der Waals surface area contributed by atoms with E-state index in [0.29, 0.717) is 26.7 Å². The van der Waals surface area contributed by atoms with Crippen molar-refractivity contribution >= 4 is 23.2 Å². The summed E-state index contributed by atoms with van der Waals surface area (Å²) in [6.07, 6.45) is -5.56. The highest BCUT2D eigenvalue weighted by Gasteiger charge is 2.31. The lowest BCUT2D eigenvalue weighted by Gasteiger charge is -2.17. The van der Waals surface area contributed by atoms with Gasteiger partial charge in [-0.1, -0.05) is 29.3 Å². The molecular weight excluding hydrogens is 324 g/mol. The van der Waals surface area contributed by atoms with Gasteiger partial charge in [-0.05, 0) is 48.4 Å². The zero-order valence-electron chi connectivity index (χ0n) is 10.9. The van der Waals surface area contributed by atoms with Crippen LogP contribution in [0.25, 0.3) is 0 Å². The van der Waals surface area contributed by atoms with Gasteiger partial charge in [0.25, 0.3) is 0 Å². The average molecular weight is 335 g/mol. The number of hydrogen-bond acceptors (Lipinski definition) is 1. The molecule has 0 aliphatic carbocycles. The highest BCUT2D eigenvalue weighted by Crippen LogP contribution is 2.35. The van der Waals surface area contributed by atoms with Crippen LogP contribution < -0.4 is 0 Å². The van der Waals surface area contributed by atoms with Crippen molar-refractivity contribution in [3.63, 3.8) is 0 Å². The topological polar surface area (TPSA) is 20.2 Å². The predicted octanol–water partition coefficient (Wildman–Crippen LogP) is 5.40. The van der Waals surface area contributed by atoms with Crippen LogP contribution in [0.3, 0.4) is 0 Å². The maximum absolute atomic E-state index is 12.6. The van der Waals surface area contributed by atoms with Crippen molar-refractivity contribution in [1.82, 2.24) is 0 Å². The van der Waals surface area contributed by atoms with Crippen LogP contribution in [0.4, 0.5) is 13.2 Å². The van der Waals surface area contributed by atoms with E-state index in [0.717, 1.165) is 12.1 Å². The van der Waals surface area contributed by atoms with Crippen molar-refractivity contribution in [2.24, 2.45) is 0 Å². The molecular formula is C15H11Cl2F3O. The summed E-state index contributed by atoms with van der Waals surface area (Å²) in [5, 5.41) is 11.0. The Hall–Kier alpha value is -1.23. The molecule has 0 saturated carbocycles. The van der Waals surface area contributed by atoms with E-state index < -0.39 is 17.8 Å². The third-order valence-electron chi connectivity index (χ3n) is 3.14. The van der Waals surface area contributed by atoms with Gasteiger partial charge in [-0.3, -0.25) is 0 Å². The molecule has 1 atom stereocenters. The van der Waals surface area contributed by atoms with Gasteiger partial charge in [0.05, 0.1) is 5.56 Å². The minimum Gasteiger partial charge on any atom is -0.384 e. The van der Waals surface area contributed by atoms with Crippen LogP contribution in [-0.2, 0) is 6.18 Å². The fourth-order valence-corrected chi connectivity index (χ4v) is 2.45. The molecule has 0 aliphatic rings. The molecule has 21 heavy (non-hydrogen) atoms. The Morgan fingerprint density at radius 1 is 1.00 bits per heavy atom. The maximum atomic E-state index is 12.6. The fraction of sp³-hybridized carbons (Fsp3) is 0.200. The Balaban J connectivity index is 2.44. The van der Waals surface area contributed by atoms with Crippen LogP contribution in [0.1, 0.15) is 28.4 Å². The van der Waals surface area contributed by atoms with Gasteiger partial charge in [0.15, 0.2) is 0 Å². The first-order chi connectivity index (χ1) is 9.70. The molecule has 2 rings (SSSR count). The number of alkyl halides is 3.